The van der Waals surface area contributed by atoms with Crippen LogP contribution in [0.1, 0.15) is 40.0 Å². The SMILES string of the molecule is C1C[C@@H]2CNC[C@@H]2C1.CC(C)(C)OC(=O)N1C[C@@H]2CN(S(=O)(=O)c3cccc4cnccc34)C[C@@H]2C1.O=S(=O)(c1cccc2cnccc12)N1C[C@H]2CNC[C@H]2C1. The molecule has 0 spiro atoms. The highest BCUT2D eigenvalue weighted by atomic mass is 32.2. The Bertz CT molecular complexity index is 2260. The van der Waals surface area contributed by atoms with Crippen molar-refractivity contribution in [2.24, 2.45) is 35.5 Å². The lowest BCUT2D eigenvalue weighted by Crippen LogP contribution is -2.38. The van der Waals surface area contributed by atoms with Crippen LogP contribution in [0.2, 0.25) is 0 Å². The van der Waals surface area contributed by atoms with Gasteiger partial charge >= 0.3 is 6.09 Å². The monoisotopic (exact) mass is 817 g/mol. The summed E-state index contributed by atoms with van der Waals surface area (Å²) in [6, 6.07) is 14.2. The van der Waals surface area contributed by atoms with E-state index in [2.05, 4.69) is 20.6 Å². The summed E-state index contributed by atoms with van der Waals surface area (Å²) >= 11 is 0. The molecule has 13 nitrogen and oxygen atoms in total. The number of carbonyl (C=O) groups excluding carboxylic acids is 1. The summed E-state index contributed by atoms with van der Waals surface area (Å²) in [4.78, 5) is 22.9. The Morgan fingerprint density at radius 2 is 1.07 bits per heavy atom. The Kier molecular flexibility index (Phi) is 11.3. The van der Waals surface area contributed by atoms with E-state index in [4.69, 9.17) is 4.74 Å². The molecular weight excluding hydrogens is 763 g/mol. The van der Waals surface area contributed by atoms with E-state index in [1.165, 1.54) is 32.4 Å². The molecule has 5 saturated heterocycles. The number of hydrogen-bond acceptors (Lipinski definition) is 10. The van der Waals surface area contributed by atoms with E-state index in [1.54, 1.807) is 74.7 Å². The van der Waals surface area contributed by atoms with Crippen molar-refractivity contribution in [1.82, 2.24) is 34.1 Å². The van der Waals surface area contributed by atoms with Crippen molar-refractivity contribution in [1.29, 1.82) is 0 Å². The van der Waals surface area contributed by atoms with Crippen LogP contribution in [0, 0.1) is 35.5 Å². The summed E-state index contributed by atoms with van der Waals surface area (Å²) in [5, 5.41) is 9.86. The quantitative estimate of drug-likeness (QED) is 0.294. The number of sulfonamides is 2. The maximum absolute atomic E-state index is 13.3. The third kappa shape index (κ3) is 8.42. The standard InChI is InChI=1S/C20H25N3O4S.C15H17N3O2S.C7H13N/c1-20(2,3)27-19(24)22-10-15-12-23(13-16(15)11-22)28(25,26)18-6-4-5-14-9-21-8-7-17(14)18;19-21(20,18-9-12-7-17-8-13(12)10-18)15-3-1-2-11-6-16-5-4-14(11)15;1-2-6-4-8-5-7(6)3-1/h4-9,15-16H,10-13H2,1-3H3;1-6,12-13,17H,7-10H2;6-8H,1-5H2/t15-,16+;12-,13+;6-,7+. The number of rotatable bonds is 4. The first-order chi connectivity index (χ1) is 27.3. The molecule has 57 heavy (non-hydrogen) atoms. The molecule has 6 atom stereocenters. The van der Waals surface area contributed by atoms with Crippen LogP contribution in [0.25, 0.3) is 21.5 Å². The van der Waals surface area contributed by atoms with Crippen LogP contribution in [-0.4, -0.2) is 117 Å². The maximum Gasteiger partial charge on any atom is 0.410 e. The van der Waals surface area contributed by atoms with Gasteiger partial charge in [0.1, 0.15) is 5.60 Å². The fourth-order valence-corrected chi connectivity index (χ4v) is 13.2. The van der Waals surface area contributed by atoms with Gasteiger partial charge in [-0.15, -0.1) is 0 Å². The largest absolute Gasteiger partial charge is 0.444 e. The molecule has 0 bridgehead atoms. The van der Waals surface area contributed by atoms with Gasteiger partial charge in [0.05, 0.1) is 9.79 Å². The number of benzene rings is 2. The molecule has 6 aliphatic rings. The van der Waals surface area contributed by atoms with Crippen molar-refractivity contribution < 1.29 is 26.4 Å². The summed E-state index contributed by atoms with van der Waals surface area (Å²) in [6.07, 6.45) is 10.8. The molecule has 0 radical (unpaired) electrons. The van der Waals surface area contributed by atoms with Crippen LogP contribution >= 0.6 is 0 Å². The van der Waals surface area contributed by atoms with Gasteiger partial charge in [0, 0.05) is 85.6 Å². The van der Waals surface area contributed by atoms with Gasteiger partial charge in [0.2, 0.25) is 20.0 Å². The van der Waals surface area contributed by atoms with Crippen molar-refractivity contribution >= 4 is 47.7 Å². The second-order valence-corrected chi connectivity index (χ2v) is 21.4. The zero-order valence-electron chi connectivity index (χ0n) is 33.1. The van der Waals surface area contributed by atoms with Crippen molar-refractivity contribution in [3.63, 3.8) is 0 Å². The highest BCUT2D eigenvalue weighted by Gasteiger charge is 2.46. The van der Waals surface area contributed by atoms with Crippen molar-refractivity contribution in [3.8, 4) is 0 Å². The van der Waals surface area contributed by atoms with E-state index >= 15 is 0 Å². The lowest BCUT2D eigenvalue weighted by atomic mass is 10.0. The Balaban J connectivity index is 0.000000136. The molecule has 7 heterocycles. The van der Waals surface area contributed by atoms with Crippen molar-refractivity contribution in [3.05, 3.63) is 73.3 Å². The van der Waals surface area contributed by atoms with Crippen LogP contribution < -0.4 is 10.6 Å². The van der Waals surface area contributed by atoms with Gasteiger partial charge in [-0.1, -0.05) is 30.7 Å². The van der Waals surface area contributed by atoms with Gasteiger partial charge < -0.3 is 20.3 Å². The average molecular weight is 818 g/mol. The molecule has 6 fully saturated rings. The Morgan fingerprint density at radius 3 is 1.53 bits per heavy atom. The molecule has 2 aromatic carbocycles. The summed E-state index contributed by atoms with van der Waals surface area (Å²) in [5.74, 6) is 3.32. The predicted molar refractivity (Wildman–Crippen MR) is 219 cm³/mol. The number of nitrogens with one attached hydrogen (secondary N) is 2. The molecule has 10 rings (SSSR count). The van der Waals surface area contributed by atoms with E-state index in [9.17, 15) is 21.6 Å². The second kappa shape index (κ2) is 16.1. The highest BCUT2D eigenvalue weighted by Crippen LogP contribution is 2.37. The zero-order valence-corrected chi connectivity index (χ0v) is 34.7. The molecule has 306 valence electrons. The molecule has 1 aliphatic carbocycles. The van der Waals surface area contributed by atoms with Crippen LogP contribution in [0.15, 0.2) is 83.1 Å². The number of carbonyl (C=O) groups is 1. The summed E-state index contributed by atoms with van der Waals surface area (Å²) < 4.78 is 61.2. The van der Waals surface area contributed by atoms with Crippen LogP contribution in [0.3, 0.4) is 0 Å². The fourth-order valence-electron chi connectivity index (χ4n) is 9.65. The summed E-state index contributed by atoms with van der Waals surface area (Å²) in [6.45, 7) is 13.2. The minimum absolute atomic E-state index is 0.138. The number of likely N-dealkylation sites (tertiary alicyclic amines) is 1. The topological polar surface area (TPSA) is 154 Å². The molecule has 2 aromatic heterocycles. The van der Waals surface area contributed by atoms with E-state index in [1.807, 2.05) is 32.9 Å². The molecular formula is C42H55N7O6S2. The Hall–Kier alpha value is -3.73. The predicted octanol–water partition coefficient (Wildman–Crippen LogP) is 4.80. The second-order valence-electron chi connectivity index (χ2n) is 17.5. The third-order valence-corrected chi connectivity index (χ3v) is 16.4. The lowest BCUT2D eigenvalue weighted by molar-refractivity contribution is 0.0279. The summed E-state index contributed by atoms with van der Waals surface area (Å²) in [7, 11) is -7.03. The Labute approximate surface area is 336 Å². The highest BCUT2D eigenvalue weighted by molar-refractivity contribution is 7.89. The fraction of sp³-hybridized carbons (Fsp3) is 0.548. The molecule has 2 N–H and O–H groups in total. The number of pyridine rings is 2. The summed E-state index contributed by atoms with van der Waals surface area (Å²) in [5.41, 5.74) is -0.534. The first-order valence-electron chi connectivity index (χ1n) is 20.3. The molecule has 1 amide bonds. The molecule has 5 aliphatic heterocycles. The van der Waals surface area contributed by atoms with Gasteiger partial charge in [-0.25, -0.2) is 21.6 Å². The van der Waals surface area contributed by atoms with Crippen LogP contribution in [-0.2, 0) is 24.8 Å². The number of amides is 1. The van der Waals surface area contributed by atoms with E-state index < -0.39 is 25.6 Å². The van der Waals surface area contributed by atoms with Crippen LogP contribution in [0.5, 0.6) is 0 Å². The van der Waals surface area contributed by atoms with Crippen LogP contribution in [0.4, 0.5) is 4.79 Å². The first kappa shape index (κ1) is 40.1. The van der Waals surface area contributed by atoms with Gasteiger partial charge in [0.25, 0.3) is 0 Å². The van der Waals surface area contributed by atoms with Crippen molar-refractivity contribution in [2.45, 2.75) is 55.4 Å². The number of aromatic nitrogens is 2. The molecule has 0 unspecified atom stereocenters. The van der Waals surface area contributed by atoms with Crippen molar-refractivity contribution in [2.75, 3.05) is 65.4 Å². The van der Waals surface area contributed by atoms with Gasteiger partial charge in [0.15, 0.2) is 0 Å². The number of nitrogens with zero attached hydrogens (tertiary/aromatic N) is 5. The Morgan fingerprint density at radius 1 is 0.632 bits per heavy atom. The minimum atomic E-state index is -3.60. The number of ether oxygens (including phenoxy) is 1. The molecule has 4 aromatic rings. The van der Waals surface area contributed by atoms with Gasteiger partial charge in [-0.05, 0) is 120 Å². The average Bonchev–Trinajstić information content (AvgIpc) is 4.03. The maximum atomic E-state index is 13.3. The molecule has 1 saturated carbocycles. The van der Waals surface area contributed by atoms with Gasteiger partial charge in [-0.2, -0.15) is 8.61 Å². The smallest absolute Gasteiger partial charge is 0.410 e. The number of fused-ring (bicyclic) bond motifs is 5. The van der Waals surface area contributed by atoms with Gasteiger partial charge in [-0.3, -0.25) is 9.97 Å². The normalized spacial score (nSPS) is 27.4. The van der Waals surface area contributed by atoms with E-state index in [0.29, 0.717) is 66.3 Å². The number of hydrogen-bond donors (Lipinski definition) is 2. The van der Waals surface area contributed by atoms with E-state index in [-0.39, 0.29) is 17.9 Å². The zero-order chi connectivity index (χ0) is 40.0. The molecule has 15 heteroatoms. The van der Waals surface area contributed by atoms with E-state index in [0.717, 1.165) is 41.1 Å². The third-order valence-electron chi connectivity index (χ3n) is 12.6. The minimum Gasteiger partial charge on any atom is -0.444 e. The lowest BCUT2D eigenvalue weighted by Gasteiger charge is -2.26. The first-order valence-corrected chi connectivity index (χ1v) is 23.2.